The SMILES string of the molecule is CCCCOc1cccc2c1NC1=C(C(=O)CC(C)(C)C1)C(c1ccc(Cl)cc1Cl)N2C(C)=O. The molecule has 2 aromatic rings. The minimum Gasteiger partial charge on any atom is -0.491 e. The zero-order valence-electron chi connectivity index (χ0n) is 20.0. The number of fused-ring (bicyclic) bond motifs is 1. The van der Waals surface area contributed by atoms with E-state index in [1.54, 1.807) is 23.1 Å². The normalized spacial score (nSPS) is 19.2. The quantitative estimate of drug-likeness (QED) is 0.436. The number of amides is 1. The molecule has 7 heteroatoms. The number of unbranched alkanes of at least 4 members (excludes halogenated alkanes) is 1. The molecule has 0 bridgehead atoms. The molecular formula is C27H30Cl2N2O3. The number of Topliss-reactive ketones (excluding diaryl/α,β-unsaturated/α-hetero) is 1. The van der Waals surface area contributed by atoms with Crippen molar-refractivity contribution < 1.29 is 14.3 Å². The Bertz CT molecular complexity index is 1170. The summed E-state index contributed by atoms with van der Waals surface area (Å²) in [5, 5.41) is 4.43. The second kappa shape index (κ2) is 9.63. The average Bonchev–Trinajstić information content (AvgIpc) is 2.88. The van der Waals surface area contributed by atoms with Crippen molar-refractivity contribution in [2.75, 3.05) is 16.8 Å². The molecule has 0 saturated heterocycles. The van der Waals surface area contributed by atoms with E-state index in [9.17, 15) is 9.59 Å². The number of nitrogens with one attached hydrogen (secondary N) is 1. The summed E-state index contributed by atoms with van der Waals surface area (Å²) in [6, 6.07) is 10.1. The lowest BCUT2D eigenvalue weighted by molar-refractivity contribution is -0.118. The van der Waals surface area contributed by atoms with Gasteiger partial charge >= 0.3 is 0 Å². The maximum atomic E-state index is 13.6. The number of rotatable bonds is 5. The van der Waals surface area contributed by atoms with Gasteiger partial charge in [-0.15, -0.1) is 0 Å². The highest BCUT2D eigenvalue weighted by Gasteiger charge is 2.43. The minimum absolute atomic E-state index is 0.00211. The highest BCUT2D eigenvalue weighted by Crippen LogP contribution is 2.51. The van der Waals surface area contributed by atoms with Gasteiger partial charge in [0.05, 0.1) is 18.3 Å². The van der Waals surface area contributed by atoms with Crippen LogP contribution in [0.1, 0.15) is 65.0 Å². The van der Waals surface area contributed by atoms with Crippen LogP contribution in [0.3, 0.4) is 0 Å². The van der Waals surface area contributed by atoms with E-state index < -0.39 is 6.04 Å². The number of para-hydroxylation sites is 1. The molecule has 2 aliphatic rings. The van der Waals surface area contributed by atoms with Gasteiger partial charge in [-0.3, -0.25) is 14.5 Å². The summed E-state index contributed by atoms with van der Waals surface area (Å²) < 4.78 is 6.12. The Kier molecular flexibility index (Phi) is 6.97. The second-order valence-electron chi connectivity index (χ2n) is 9.77. The van der Waals surface area contributed by atoms with Crippen LogP contribution < -0.4 is 15.0 Å². The molecule has 0 saturated carbocycles. The third-order valence-electron chi connectivity index (χ3n) is 6.34. The van der Waals surface area contributed by atoms with Crippen LogP contribution in [-0.2, 0) is 9.59 Å². The number of ether oxygens (including phenoxy) is 1. The van der Waals surface area contributed by atoms with Crippen LogP contribution in [0.2, 0.25) is 10.0 Å². The standard InChI is InChI=1S/C27H30Cl2N2O3/c1-5-6-12-34-23-9-7-8-21-25(23)30-20-14-27(3,4)15-22(33)24(20)26(31(21)16(2)32)18-11-10-17(28)13-19(18)29/h7-11,13,26,30H,5-6,12,14-15H2,1-4H3. The third kappa shape index (κ3) is 4.69. The molecule has 34 heavy (non-hydrogen) atoms. The van der Waals surface area contributed by atoms with Crippen molar-refractivity contribution in [3.63, 3.8) is 0 Å². The van der Waals surface area contributed by atoms with Gasteiger partial charge in [0.15, 0.2) is 5.78 Å². The predicted octanol–water partition coefficient (Wildman–Crippen LogP) is 7.34. The number of ketones is 1. The molecule has 1 aliphatic heterocycles. The fraction of sp³-hybridized carbons (Fsp3) is 0.407. The van der Waals surface area contributed by atoms with Gasteiger partial charge in [0.2, 0.25) is 5.91 Å². The van der Waals surface area contributed by atoms with E-state index >= 15 is 0 Å². The zero-order chi connectivity index (χ0) is 24.6. The molecule has 1 N–H and O–H groups in total. The Morgan fingerprint density at radius 3 is 2.65 bits per heavy atom. The topological polar surface area (TPSA) is 58.6 Å². The highest BCUT2D eigenvalue weighted by molar-refractivity contribution is 6.35. The largest absolute Gasteiger partial charge is 0.491 e. The Morgan fingerprint density at radius 1 is 1.21 bits per heavy atom. The number of carbonyl (C=O) groups is 2. The number of hydrogen-bond donors (Lipinski definition) is 1. The average molecular weight is 501 g/mol. The molecule has 1 unspecified atom stereocenters. The van der Waals surface area contributed by atoms with Gasteiger partial charge in [-0.25, -0.2) is 0 Å². The highest BCUT2D eigenvalue weighted by atomic mass is 35.5. The maximum absolute atomic E-state index is 13.6. The fourth-order valence-electron chi connectivity index (χ4n) is 4.84. The first-order chi connectivity index (χ1) is 16.1. The van der Waals surface area contributed by atoms with Crippen molar-refractivity contribution in [2.45, 2.75) is 59.4 Å². The number of anilines is 2. The summed E-state index contributed by atoms with van der Waals surface area (Å²) in [6.07, 6.45) is 2.97. The van der Waals surface area contributed by atoms with Crippen molar-refractivity contribution in [2.24, 2.45) is 5.41 Å². The lowest BCUT2D eigenvalue weighted by atomic mass is 9.73. The van der Waals surface area contributed by atoms with Crippen LogP contribution in [0.15, 0.2) is 47.7 Å². The molecule has 4 rings (SSSR count). The summed E-state index contributed by atoms with van der Waals surface area (Å²) in [4.78, 5) is 28.5. The molecule has 5 nitrogen and oxygen atoms in total. The second-order valence-corrected chi connectivity index (χ2v) is 10.6. The molecule has 0 aromatic heterocycles. The first-order valence-electron chi connectivity index (χ1n) is 11.7. The molecule has 180 valence electrons. The van der Waals surface area contributed by atoms with Gasteiger partial charge in [-0.05, 0) is 48.1 Å². The van der Waals surface area contributed by atoms with Crippen LogP contribution in [0.25, 0.3) is 0 Å². The lowest BCUT2D eigenvalue weighted by Crippen LogP contribution is -2.38. The van der Waals surface area contributed by atoms with Gasteiger partial charge in [0.25, 0.3) is 0 Å². The van der Waals surface area contributed by atoms with Crippen molar-refractivity contribution in [3.05, 3.63) is 63.3 Å². The Morgan fingerprint density at radius 2 is 1.97 bits per heavy atom. The summed E-state index contributed by atoms with van der Waals surface area (Å²) in [7, 11) is 0. The third-order valence-corrected chi connectivity index (χ3v) is 6.91. The summed E-state index contributed by atoms with van der Waals surface area (Å²) in [5.41, 5.74) is 3.15. The van der Waals surface area contributed by atoms with E-state index in [0.717, 1.165) is 18.5 Å². The van der Waals surface area contributed by atoms with Crippen molar-refractivity contribution in [3.8, 4) is 5.75 Å². The number of carbonyl (C=O) groups excluding carboxylic acids is 2. The summed E-state index contributed by atoms with van der Waals surface area (Å²) >= 11 is 12.8. The first-order valence-corrected chi connectivity index (χ1v) is 12.4. The van der Waals surface area contributed by atoms with Crippen LogP contribution in [0.4, 0.5) is 11.4 Å². The van der Waals surface area contributed by atoms with E-state index in [2.05, 4.69) is 26.1 Å². The monoisotopic (exact) mass is 500 g/mol. The van der Waals surface area contributed by atoms with Gasteiger partial charge in [0.1, 0.15) is 11.4 Å². The van der Waals surface area contributed by atoms with Crippen LogP contribution in [0.5, 0.6) is 5.75 Å². The van der Waals surface area contributed by atoms with Crippen LogP contribution in [-0.4, -0.2) is 18.3 Å². The van der Waals surface area contributed by atoms with E-state index in [1.807, 2.05) is 18.2 Å². The van der Waals surface area contributed by atoms with Crippen LogP contribution in [0, 0.1) is 5.41 Å². The molecule has 1 aliphatic carbocycles. The van der Waals surface area contributed by atoms with Crippen molar-refractivity contribution in [1.29, 1.82) is 0 Å². The lowest BCUT2D eigenvalue weighted by Gasteiger charge is -2.37. The molecule has 1 heterocycles. The molecule has 2 aromatic carbocycles. The molecule has 0 spiro atoms. The van der Waals surface area contributed by atoms with Gasteiger partial charge < -0.3 is 10.1 Å². The number of halogens is 2. The van der Waals surface area contributed by atoms with Gasteiger partial charge in [-0.1, -0.05) is 62.5 Å². The van der Waals surface area contributed by atoms with Gasteiger partial charge in [-0.2, -0.15) is 0 Å². The molecule has 1 amide bonds. The molecule has 0 radical (unpaired) electrons. The fourth-order valence-corrected chi connectivity index (χ4v) is 5.36. The Hall–Kier alpha value is -2.50. The number of allylic oxidation sites excluding steroid dienone is 1. The smallest absolute Gasteiger partial charge is 0.224 e. The molecule has 1 atom stereocenters. The van der Waals surface area contributed by atoms with Crippen molar-refractivity contribution in [1.82, 2.24) is 0 Å². The van der Waals surface area contributed by atoms with E-state index in [4.69, 9.17) is 27.9 Å². The number of hydrogen-bond acceptors (Lipinski definition) is 4. The zero-order valence-corrected chi connectivity index (χ0v) is 21.5. The number of nitrogens with zero attached hydrogens (tertiary/aromatic N) is 1. The molecular weight excluding hydrogens is 471 g/mol. The number of benzene rings is 2. The Balaban J connectivity index is 1.99. The van der Waals surface area contributed by atoms with E-state index in [1.165, 1.54) is 6.92 Å². The molecule has 0 fully saturated rings. The summed E-state index contributed by atoms with van der Waals surface area (Å²) in [5.74, 6) is 0.459. The van der Waals surface area contributed by atoms with E-state index in [0.29, 0.717) is 57.8 Å². The predicted molar refractivity (Wildman–Crippen MR) is 138 cm³/mol. The minimum atomic E-state index is -0.680. The van der Waals surface area contributed by atoms with Crippen molar-refractivity contribution >= 4 is 46.3 Å². The van der Waals surface area contributed by atoms with Gasteiger partial charge in [0, 0.05) is 34.7 Å². The Labute approximate surface area is 211 Å². The van der Waals surface area contributed by atoms with Crippen LogP contribution >= 0.6 is 23.2 Å². The summed E-state index contributed by atoms with van der Waals surface area (Å²) in [6.45, 7) is 8.35. The van der Waals surface area contributed by atoms with E-state index in [-0.39, 0.29) is 17.1 Å². The maximum Gasteiger partial charge on any atom is 0.224 e. The first kappa shape index (κ1) is 24.6.